The van der Waals surface area contributed by atoms with Crippen LogP contribution < -0.4 is 5.32 Å². The van der Waals surface area contributed by atoms with Crippen LogP contribution in [0.15, 0.2) is 67.6 Å². The highest BCUT2D eigenvalue weighted by atomic mass is 15.1. The van der Waals surface area contributed by atoms with E-state index in [1.54, 1.807) is 6.20 Å². The second-order valence-electron chi connectivity index (χ2n) is 6.16. The van der Waals surface area contributed by atoms with Gasteiger partial charge in [-0.2, -0.15) is 5.10 Å². The number of hydrogen-bond donors (Lipinski definition) is 2. The smallest absolute Gasteiger partial charge is 0.115 e. The summed E-state index contributed by atoms with van der Waals surface area (Å²) in [5, 5.41) is 10.6. The SMILES string of the molecule is C=C(NCCCCc1ccccc1)c1n[nH]cc1/C=C/c1cccnc1. The fourth-order valence-corrected chi connectivity index (χ4v) is 2.75. The number of nitrogens with zero attached hydrogens (tertiary/aromatic N) is 2. The van der Waals surface area contributed by atoms with Gasteiger partial charge in [-0.25, -0.2) is 0 Å². The average Bonchev–Trinajstić information content (AvgIpc) is 3.16. The van der Waals surface area contributed by atoms with Gasteiger partial charge in [0.15, 0.2) is 0 Å². The summed E-state index contributed by atoms with van der Waals surface area (Å²) in [6.45, 7) is 5.02. The molecule has 0 bridgehead atoms. The highest BCUT2D eigenvalue weighted by molar-refractivity contribution is 5.76. The minimum Gasteiger partial charge on any atom is -0.384 e. The molecule has 0 saturated carbocycles. The summed E-state index contributed by atoms with van der Waals surface area (Å²) >= 11 is 0. The van der Waals surface area contributed by atoms with Crippen LogP contribution >= 0.6 is 0 Å². The van der Waals surface area contributed by atoms with Crippen LogP contribution in [0.2, 0.25) is 0 Å². The van der Waals surface area contributed by atoms with Crippen molar-refractivity contribution in [1.29, 1.82) is 0 Å². The molecule has 0 atom stereocenters. The fourth-order valence-electron chi connectivity index (χ4n) is 2.75. The molecule has 0 unspecified atom stereocenters. The lowest BCUT2D eigenvalue weighted by atomic mass is 10.1. The molecule has 0 aliphatic heterocycles. The number of nitrogens with one attached hydrogen (secondary N) is 2. The summed E-state index contributed by atoms with van der Waals surface area (Å²) in [6, 6.07) is 14.5. The second-order valence-corrected chi connectivity index (χ2v) is 6.16. The monoisotopic (exact) mass is 344 g/mol. The number of aromatic nitrogens is 3. The fraction of sp³-hybridized carbons (Fsp3) is 0.182. The Balaban J connectivity index is 1.46. The van der Waals surface area contributed by atoms with Gasteiger partial charge in [-0.3, -0.25) is 10.1 Å². The lowest BCUT2D eigenvalue weighted by molar-refractivity contribution is 0.701. The summed E-state index contributed by atoms with van der Waals surface area (Å²) in [5.41, 5.74) is 5.15. The Kier molecular flexibility index (Phi) is 6.37. The van der Waals surface area contributed by atoms with Crippen molar-refractivity contribution in [2.24, 2.45) is 0 Å². The van der Waals surface area contributed by atoms with Crippen molar-refractivity contribution in [2.45, 2.75) is 19.3 Å². The van der Waals surface area contributed by atoms with E-state index < -0.39 is 0 Å². The molecule has 132 valence electrons. The molecule has 0 aliphatic rings. The maximum Gasteiger partial charge on any atom is 0.115 e. The number of unbranched alkanes of at least 4 members (excludes halogenated alkanes) is 1. The third-order valence-electron chi connectivity index (χ3n) is 4.17. The molecule has 2 heterocycles. The lowest BCUT2D eigenvalue weighted by Crippen LogP contribution is -2.14. The minimum absolute atomic E-state index is 0.844. The van der Waals surface area contributed by atoms with Gasteiger partial charge in [-0.15, -0.1) is 0 Å². The molecule has 2 N–H and O–H groups in total. The van der Waals surface area contributed by atoms with Gasteiger partial charge in [0.25, 0.3) is 0 Å². The zero-order chi connectivity index (χ0) is 18.0. The molecular formula is C22H24N4. The van der Waals surface area contributed by atoms with Crippen molar-refractivity contribution in [3.63, 3.8) is 0 Å². The van der Waals surface area contributed by atoms with E-state index in [0.717, 1.165) is 48.3 Å². The van der Waals surface area contributed by atoms with E-state index in [1.165, 1.54) is 5.56 Å². The maximum absolute atomic E-state index is 4.32. The topological polar surface area (TPSA) is 53.6 Å². The molecule has 0 aliphatic carbocycles. The van der Waals surface area contributed by atoms with Crippen LogP contribution in [0.5, 0.6) is 0 Å². The average molecular weight is 344 g/mol. The van der Waals surface area contributed by atoms with Gasteiger partial charge >= 0.3 is 0 Å². The van der Waals surface area contributed by atoms with Gasteiger partial charge in [0, 0.05) is 30.7 Å². The standard InChI is InChI=1S/C22H24N4/c1-18(24-15-6-5-10-19-8-3-2-4-9-19)22-21(17-25-26-22)13-12-20-11-7-14-23-16-20/h2-4,7-9,11-14,16-17,24H,1,5-6,10,15H2,(H,25,26)/b13-12+. The Bertz CT molecular complexity index is 835. The zero-order valence-electron chi connectivity index (χ0n) is 14.9. The van der Waals surface area contributed by atoms with Crippen molar-refractivity contribution >= 4 is 17.8 Å². The molecule has 0 radical (unpaired) electrons. The van der Waals surface area contributed by atoms with E-state index in [9.17, 15) is 0 Å². The van der Waals surface area contributed by atoms with E-state index in [0.29, 0.717) is 0 Å². The maximum atomic E-state index is 4.32. The van der Waals surface area contributed by atoms with Gasteiger partial charge in [-0.1, -0.05) is 55.1 Å². The number of aromatic amines is 1. The second kappa shape index (κ2) is 9.37. The molecule has 2 aromatic heterocycles. The van der Waals surface area contributed by atoms with E-state index in [4.69, 9.17) is 0 Å². The lowest BCUT2D eigenvalue weighted by Gasteiger charge is -2.08. The Morgan fingerprint density at radius 1 is 1.08 bits per heavy atom. The van der Waals surface area contributed by atoms with Crippen LogP contribution in [0.1, 0.15) is 35.2 Å². The van der Waals surface area contributed by atoms with Crippen LogP contribution in [-0.2, 0) is 6.42 Å². The minimum atomic E-state index is 0.844. The molecule has 4 heteroatoms. The molecule has 0 amide bonds. The number of benzene rings is 1. The molecule has 3 aromatic rings. The van der Waals surface area contributed by atoms with Crippen molar-refractivity contribution in [3.05, 3.63) is 90.0 Å². The summed E-state index contributed by atoms with van der Waals surface area (Å²) in [4.78, 5) is 4.12. The molecule has 0 saturated heterocycles. The van der Waals surface area contributed by atoms with Crippen molar-refractivity contribution in [3.8, 4) is 0 Å². The van der Waals surface area contributed by atoms with Gasteiger partial charge in [-0.05, 0) is 36.5 Å². The number of pyridine rings is 1. The largest absolute Gasteiger partial charge is 0.384 e. The van der Waals surface area contributed by atoms with Gasteiger partial charge in [0.1, 0.15) is 5.69 Å². The predicted molar refractivity (Wildman–Crippen MR) is 108 cm³/mol. The molecule has 4 nitrogen and oxygen atoms in total. The Hall–Kier alpha value is -3.14. The van der Waals surface area contributed by atoms with Crippen LogP contribution in [0, 0.1) is 0 Å². The molecule has 0 spiro atoms. The predicted octanol–water partition coefficient (Wildman–Crippen LogP) is 4.56. The van der Waals surface area contributed by atoms with E-state index in [2.05, 4.69) is 57.4 Å². The van der Waals surface area contributed by atoms with E-state index >= 15 is 0 Å². The van der Waals surface area contributed by atoms with Crippen LogP contribution in [0.4, 0.5) is 0 Å². The third-order valence-corrected chi connectivity index (χ3v) is 4.17. The third kappa shape index (κ3) is 5.18. The summed E-state index contributed by atoms with van der Waals surface area (Å²) in [5.74, 6) is 0. The number of hydrogen-bond acceptors (Lipinski definition) is 3. The van der Waals surface area contributed by atoms with Crippen LogP contribution in [-0.4, -0.2) is 21.7 Å². The number of H-pyrrole nitrogens is 1. The Labute approximate surface area is 154 Å². The Morgan fingerprint density at radius 3 is 2.77 bits per heavy atom. The molecule has 1 aromatic carbocycles. The normalized spacial score (nSPS) is 10.9. The van der Waals surface area contributed by atoms with Crippen molar-refractivity contribution < 1.29 is 0 Å². The molecule has 0 fully saturated rings. The first-order chi connectivity index (χ1) is 12.8. The molecule has 26 heavy (non-hydrogen) atoms. The number of rotatable bonds is 9. The first-order valence-corrected chi connectivity index (χ1v) is 8.92. The summed E-state index contributed by atoms with van der Waals surface area (Å²) in [6.07, 6.45) is 12.9. The van der Waals surface area contributed by atoms with Gasteiger partial charge in [0.2, 0.25) is 0 Å². The summed E-state index contributed by atoms with van der Waals surface area (Å²) < 4.78 is 0. The van der Waals surface area contributed by atoms with E-state index in [-0.39, 0.29) is 0 Å². The van der Waals surface area contributed by atoms with Gasteiger partial charge < -0.3 is 5.32 Å². The first-order valence-electron chi connectivity index (χ1n) is 8.92. The van der Waals surface area contributed by atoms with Crippen LogP contribution in [0.3, 0.4) is 0 Å². The number of aryl methyl sites for hydroxylation is 1. The first kappa shape index (κ1) is 17.7. The summed E-state index contributed by atoms with van der Waals surface area (Å²) in [7, 11) is 0. The van der Waals surface area contributed by atoms with E-state index in [1.807, 2.05) is 36.7 Å². The molecular weight excluding hydrogens is 320 g/mol. The van der Waals surface area contributed by atoms with Crippen molar-refractivity contribution in [1.82, 2.24) is 20.5 Å². The van der Waals surface area contributed by atoms with Gasteiger partial charge in [0.05, 0.1) is 5.70 Å². The highest BCUT2D eigenvalue weighted by Crippen LogP contribution is 2.16. The quantitative estimate of drug-likeness (QED) is 0.560. The molecule has 3 rings (SSSR count). The highest BCUT2D eigenvalue weighted by Gasteiger charge is 2.06. The zero-order valence-corrected chi connectivity index (χ0v) is 14.9. The Morgan fingerprint density at radius 2 is 1.96 bits per heavy atom. The van der Waals surface area contributed by atoms with Crippen LogP contribution in [0.25, 0.3) is 17.8 Å². The van der Waals surface area contributed by atoms with Crippen molar-refractivity contribution in [2.75, 3.05) is 6.54 Å².